The number of anilines is 2. The zero-order valence-corrected chi connectivity index (χ0v) is 19.4. The van der Waals surface area contributed by atoms with Crippen molar-refractivity contribution in [2.45, 2.75) is 12.8 Å². The molecule has 0 aromatic heterocycles. The molecule has 0 saturated carbocycles. The van der Waals surface area contributed by atoms with Gasteiger partial charge in [-0.3, -0.25) is 0 Å². The Morgan fingerprint density at radius 2 is 1.03 bits per heavy atom. The predicted octanol–water partition coefficient (Wildman–Crippen LogP) is 9.02. The second kappa shape index (κ2) is 9.42. The van der Waals surface area contributed by atoms with Gasteiger partial charge in [0.05, 0.1) is 0 Å². The highest BCUT2D eigenvalue weighted by Crippen LogP contribution is 2.37. The van der Waals surface area contributed by atoms with Crippen molar-refractivity contribution >= 4 is 32.9 Å². The highest BCUT2D eigenvalue weighted by Gasteiger charge is 2.18. The molecule has 4 aromatic carbocycles. The summed E-state index contributed by atoms with van der Waals surface area (Å²) in [6.07, 6.45) is 6.58. The Labute approximate surface area is 198 Å². The topological polar surface area (TPSA) is 3.24 Å². The van der Waals surface area contributed by atoms with E-state index in [2.05, 4.69) is 142 Å². The molecular weight excluding hydrogens is 454 g/mol. The smallest absolute Gasteiger partial charge is 0.0459 e. The molecule has 0 aliphatic heterocycles. The van der Waals surface area contributed by atoms with E-state index in [1.807, 2.05) is 0 Å². The van der Waals surface area contributed by atoms with Gasteiger partial charge in [-0.15, -0.1) is 0 Å². The van der Waals surface area contributed by atoms with Gasteiger partial charge in [0.15, 0.2) is 0 Å². The molecule has 0 amide bonds. The number of hydrogen-bond donors (Lipinski definition) is 0. The maximum atomic E-state index is 3.57. The van der Waals surface area contributed by atoms with Crippen LogP contribution in [-0.2, 0) is 0 Å². The van der Waals surface area contributed by atoms with Gasteiger partial charge in [0.25, 0.3) is 0 Å². The summed E-state index contributed by atoms with van der Waals surface area (Å²) >= 11 is 3.57. The number of hydrogen-bond acceptors (Lipinski definition) is 1. The van der Waals surface area contributed by atoms with Gasteiger partial charge in [0.1, 0.15) is 0 Å². The molecule has 0 saturated heterocycles. The Morgan fingerprint density at radius 3 is 1.59 bits per heavy atom. The second-order valence-corrected chi connectivity index (χ2v) is 8.86. The van der Waals surface area contributed by atoms with E-state index < -0.39 is 0 Å². The fourth-order valence-corrected chi connectivity index (χ4v) is 4.47. The minimum Gasteiger partial charge on any atom is -0.314 e. The van der Waals surface area contributed by atoms with Crippen molar-refractivity contribution in [1.29, 1.82) is 0 Å². The molecular formula is C30H24BrN. The van der Waals surface area contributed by atoms with Gasteiger partial charge in [-0.05, 0) is 77.6 Å². The molecule has 0 spiro atoms. The van der Waals surface area contributed by atoms with E-state index in [1.54, 1.807) is 0 Å². The molecule has 156 valence electrons. The monoisotopic (exact) mass is 477 g/mol. The van der Waals surface area contributed by atoms with Crippen LogP contribution in [0.25, 0.3) is 16.7 Å². The van der Waals surface area contributed by atoms with E-state index in [4.69, 9.17) is 0 Å². The molecule has 1 aliphatic carbocycles. The van der Waals surface area contributed by atoms with Gasteiger partial charge in [-0.25, -0.2) is 0 Å². The van der Waals surface area contributed by atoms with Crippen molar-refractivity contribution < 1.29 is 0 Å². The molecule has 0 bridgehead atoms. The summed E-state index contributed by atoms with van der Waals surface area (Å²) < 4.78 is 1.09. The number of nitrogens with zero attached hydrogens (tertiary/aromatic N) is 1. The van der Waals surface area contributed by atoms with Crippen LogP contribution in [0.4, 0.5) is 11.4 Å². The standard InChI is InChI=1S/C30H24BrN/c31-27-15-21-30(22-16-27)32(28-17-11-25(12-18-28)23-7-3-1-4-8-23)29-19-13-26(14-20-29)24-9-5-2-6-10-24/h1-13,15-19,21-22H,14,20H2. The lowest BCUT2D eigenvalue weighted by Gasteiger charge is -2.30. The summed E-state index contributed by atoms with van der Waals surface area (Å²) in [7, 11) is 0. The molecule has 2 heteroatoms. The Hall–Kier alpha value is -3.36. The van der Waals surface area contributed by atoms with Crippen LogP contribution in [0.15, 0.2) is 132 Å². The number of rotatable bonds is 5. The van der Waals surface area contributed by atoms with Gasteiger partial charge >= 0.3 is 0 Å². The Morgan fingerprint density at radius 1 is 0.500 bits per heavy atom. The fraction of sp³-hybridized carbons (Fsp3) is 0.0667. The average molecular weight is 478 g/mol. The van der Waals surface area contributed by atoms with Crippen LogP contribution >= 0.6 is 15.9 Å². The van der Waals surface area contributed by atoms with Gasteiger partial charge in [0.2, 0.25) is 0 Å². The van der Waals surface area contributed by atoms with Crippen molar-refractivity contribution in [1.82, 2.24) is 0 Å². The van der Waals surface area contributed by atoms with E-state index in [0.29, 0.717) is 0 Å². The van der Waals surface area contributed by atoms with Crippen molar-refractivity contribution in [3.63, 3.8) is 0 Å². The summed E-state index contributed by atoms with van der Waals surface area (Å²) in [5, 5.41) is 0. The first kappa shape index (κ1) is 20.5. The van der Waals surface area contributed by atoms with Crippen LogP contribution in [0.1, 0.15) is 18.4 Å². The summed E-state index contributed by atoms with van der Waals surface area (Å²) in [5.74, 6) is 0. The van der Waals surface area contributed by atoms with Crippen LogP contribution in [0.5, 0.6) is 0 Å². The van der Waals surface area contributed by atoms with E-state index in [0.717, 1.165) is 17.3 Å². The van der Waals surface area contributed by atoms with E-state index in [1.165, 1.54) is 39.3 Å². The summed E-state index contributed by atoms with van der Waals surface area (Å²) in [6.45, 7) is 0. The van der Waals surface area contributed by atoms with Gasteiger partial charge < -0.3 is 4.90 Å². The van der Waals surface area contributed by atoms with Crippen LogP contribution in [0.3, 0.4) is 0 Å². The maximum absolute atomic E-state index is 3.57. The first-order chi connectivity index (χ1) is 15.8. The van der Waals surface area contributed by atoms with Gasteiger partial charge in [0, 0.05) is 21.5 Å². The maximum Gasteiger partial charge on any atom is 0.0459 e. The van der Waals surface area contributed by atoms with Gasteiger partial charge in [-0.2, -0.15) is 0 Å². The van der Waals surface area contributed by atoms with Crippen molar-refractivity contribution in [2.24, 2.45) is 0 Å². The number of benzene rings is 4. The largest absolute Gasteiger partial charge is 0.314 e. The molecule has 0 fully saturated rings. The molecule has 1 aliphatic rings. The third-order valence-corrected chi connectivity index (χ3v) is 6.41. The highest BCUT2D eigenvalue weighted by molar-refractivity contribution is 9.10. The summed E-state index contributed by atoms with van der Waals surface area (Å²) in [4.78, 5) is 2.37. The lowest BCUT2D eigenvalue weighted by Crippen LogP contribution is -2.17. The van der Waals surface area contributed by atoms with E-state index in [9.17, 15) is 0 Å². The molecule has 0 heterocycles. The van der Waals surface area contributed by atoms with Crippen LogP contribution in [0, 0.1) is 0 Å². The van der Waals surface area contributed by atoms with Crippen LogP contribution in [-0.4, -0.2) is 0 Å². The SMILES string of the molecule is Brc1ccc(N(C2=CC=C(c3ccccc3)CC2)c2ccc(-c3ccccc3)cc2)cc1. The molecule has 4 aromatic rings. The van der Waals surface area contributed by atoms with Gasteiger partial charge in [-0.1, -0.05) is 94.8 Å². The lowest BCUT2D eigenvalue weighted by atomic mass is 9.95. The highest BCUT2D eigenvalue weighted by atomic mass is 79.9. The molecule has 32 heavy (non-hydrogen) atoms. The molecule has 0 unspecified atom stereocenters. The molecule has 0 N–H and O–H groups in total. The van der Waals surface area contributed by atoms with Crippen LogP contribution in [0.2, 0.25) is 0 Å². The van der Waals surface area contributed by atoms with Crippen molar-refractivity contribution in [2.75, 3.05) is 4.90 Å². The third-order valence-electron chi connectivity index (χ3n) is 5.88. The minimum absolute atomic E-state index is 0.997. The second-order valence-electron chi connectivity index (χ2n) is 7.94. The van der Waals surface area contributed by atoms with E-state index in [-0.39, 0.29) is 0 Å². The average Bonchev–Trinajstić information content (AvgIpc) is 2.87. The zero-order chi connectivity index (χ0) is 21.8. The summed E-state index contributed by atoms with van der Waals surface area (Å²) in [5.41, 5.74) is 8.82. The minimum atomic E-state index is 0.997. The van der Waals surface area contributed by atoms with Crippen molar-refractivity contribution in [3.05, 3.63) is 137 Å². The Balaban J connectivity index is 1.51. The molecule has 5 rings (SSSR count). The molecule has 1 nitrogen and oxygen atoms in total. The quantitative estimate of drug-likeness (QED) is 0.277. The third kappa shape index (κ3) is 4.46. The first-order valence-corrected chi connectivity index (χ1v) is 11.7. The normalized spacial score (nSPS) is 13.3. The predicted molar refractivity (Wildman–Crippen MR) is 140 cm³/mol. The first-order valence-electron chi connectivity index (χ1n) is 10.9. The fourth-order valence-electron chi connectivity index (χ4n) is 4.21. The Kier molecular flexibility index (Phi) is 6.04. The van der Waals surface area contributed by atoms with E-state index >= 15 is 0 Å². The van der Waals surface area contributed by atoms with Crippen LogP contribution < -0.4 is 4.90 Å². The Bertz CT molecular complexity index is 1240. The molecule has 0 radical (unpaired) electrons. The van der Waals surface area contributed by atoms with Crippen molar-refractivity contribution in [3.8, 4) is 11.1 Å². The number of allylic oxidation sites excluding steroid dienone is 4. The lowest BCUT2D eigenvalue weighted by molar-refractivity contribution is 0.930. The molecule has 0 atom stereocenters. The summed E-state index contributed by atoms with van der Waals surface area (Å²) in [6, 6.07) is 38.6. The zero-order valence-electron chi connectivity index (χ0n) is 17.8. The number of halogens is 1.